The van der Waals surface area contributed by atoms with E-state index in [1.807, 2.05) is 11.0 Å². The van der Waals surface area contributed by atoms with E-state index in [0.717, 1.165) is 44.8 Å². The molecule has 0 aromatic heterocycles. The van der Waals surface area contributed by atoms with Gasteiger partial charge in [0.2, 0.25) is 5.91 Å². The smallest absolute Gasteiger partial charge is 0.246 e. The van der Waals surface area contributed by atoms with Crippen molar-refractivity contribution in [2.75, 3.05) is 33.3 Å². The van der Waals surface area contributed by atoms with Gasteiger partial charge in [-0.3, -0.25) is 9.69 Å². The van der Waals surface area contributed by atoms with Gasteiger partial charge in [0.15, 0.2) is 0 Å². The zero-order valence-electron chi connectivity index (χ0n) is 12.5. The van der Waals surface area contributed by atoms with Gasteiger partial charge in [-0.25, -0.2) is 0 Å². The topological polar surface area (TPSA) is 32.8 Å². The third-order valence-electron chi connectivity index (χ3n) is 4.64. The van der Waals surface area contributed by atoms with Crippen LogP contribution in [0.15, 0.2) is 30.9 Å². The van der Waals surface area contributed by atoms with Gasteiger partial charge in [-0.15, -0.1) is 0 Å². The number of carbonyl (C=O) groups is 1. The Morgan fingerprint density at radius 2 is 2.10 bits per heavy atom. The molecular weight excluding hydrogens is 264 g/mol. The van der Waals surface area contributed by atoms with Crippen molar-refractivity contribution < 1.29 is 9.53 Å². The van der Waals surface area contributed by atoms with Crippen molar-refractivity contribution in [1.82, 2.24) is 9.80 Å². The van der Waals surface area contributed by atoms with Crippen LogP contribution < -0.4 is 4.74 Å². The summed E-state index contributed by atoms with van der Waals surface area (Å²) in [7, 11) is 1.71. The maximum Gasteiger partial charge on any atom is 0.246 e. The first-order chi connectivity index (χ1) is 10.2. The molecule has 1 aliphatic carbocycles. The fourth-order valence-corrected chi connectivity index (χ4v) is 3.45. The highest BCUT2D eigenvalue weighted by Crippen LogP contribution is 2.38. The van der Waals surface area contributed by atoms with Crippen molar-refractivity contribution in [3.8, 4) is 5.75 Å². The number of amides is 1. The summed E-state index contributed by atoms with van der Waals surface area (Å²) in [5.41, 5.74) is 2.84. The molecule has 21 heavy (non-hydrogen) atoms. The van der Waals surface area contributed by atoms with Gasteiger partial charge in [0.25, 0.3) is 0 Å². The first kappa shape index (κ1) is 14.1. The number of aryl methyl sites for hydroxylation is 1. The molecule has 1 saturated heterocycles. The molecule has 1 unspecified atom stereocenters. The maximum atomic E-state index is 11.6. The minimum atomic E-state index is 0.0446. The second kappa shape index (κ2) is 5.90. The lowest BCUT2D eigenvalue weighted by atomic mass is 10.1. The summed E-state index contributed by atoms with van der Waals surface area (Å²) in [5, 5.41) is 0. The van der Waals surface area contributed by atoms with E-state index in [1.165, 1.54) is 17.2 Å². The fraction of sp³-hybridized carbons (Fsp3) is 0.471. The number of hydrogen-bond acceptors (Lipinski definition) is 3. The number of fused-ring (bicyclic) bond motifs is 1. The molecule has 1 heterocycles. The van der Waals surface area contributed by atoms with E-state index in [9.17, 15) is 4.79 Å². The van der Waals surface area contributed by atoms with Crippen molar-refractivity contribution >= 4 is 5.91 Å². The highest BCUT2D eigenvalue weighted by molar-refractivity contribution is 5.87. The number of rotatable bonds is 3. The predicted octanol–water partition coefficient (Wildman–Crippen LogP) is 2.01. The molecule has 2 aliphatic rings. The van der Waals surface area contributed by atoms with E-state index in [2.05, 4.69) is 23.6 Å². The van der Waals surface area contributed by atoms with Gasteiger partial charge in [0, 0.05) is 32.2 Å². The van der Waals surface area contributed by atoms with Crippen LogP contribution in [0.5, 0.6) is 5.75 Å². The van der Waals surface area contributed by atoms with Gasteiger partial charge in [0.05, 0.1) is 7.11 Å². The Kier molecular flexibility index (Phi) is 3.97. The van der Waals surface area contributed by atoms with Crippen molar-refractivity contribution in [2.45, 2.75) is 18.9 Å². The van der Waals surface area contributed by atoms with Gasteiger partial charge < -0.3 is 9.64 Å². The molecule has 0 N–H and O–H groups in total. The van der Waals surface area contributed by atoms with Crippen molar-refractivity contribution in [3.63, 3.8) is 0 Å². The predicted molar refractivity (Wildman–Crippen MR) is 82.4 cm³/mol. The lowest BCUT2D eigenvalue weighted by Crippen LogP contribution is -2.48. The SMILES string of the molecule is C=CC(=O)N1CCN(C2CCc3ccc(OC)cc32)CC1. The van der Waals surface area contributed by atoms with E-state index >= 15 is 0 Å². The third kappa shape index (κ3) is 2.68. The van der Waals surface area contributed by atoms with E-state index < -0.39 is 0 Å². The molecule has 1 aromatic carbocycles. The molecule has 1 amide bonds. The monoisotopic (exact) mass is 286 g/mol. The Labute approximate surface area is 126 Å². The van der Waals surface area contributed by atoms with Gasteiger partial charge in [-0.05, 0) is 42.2 Å². The van der Waals surface area contributed by atoms with Crippen molar-refractivity contribution in [2.24, 2.45) is 0 Å². The molecular formula is C17H22N2O2. The molecule has 1 aliphatic heterocycles. The summed E-state index contributed by atoms with van der Waals surface area (Å²) in [6.07, 6.45) is 3.71. The summed E-state index contributed by atoms with van der Waals surface area (Å²) >= 11 is 0. The van der Waals surface area contributed by atoms with Crippen LogP contribution in [0.25, 0.3) is 0 Å². The number of nitrogens with zero attached hydrogens (tertiary/aromatic N) is 2. The number of carbonyl (C=O) groups excluding carboxylic acids is 1. The maximum absolute atomic E-state index is 11.6. The molecule has 0 bridgehead atoms. The van der Waals surface area contributed by atoms with Crippen LogP contribution in [-0.2, 0) is 11.2 Å². The zero-order valence-corrected chi connectivity index (χ0v) is 12.5. The molecule has 112 valence electrons. The number of benzene rings is 1. The lowest BCUT2D eigenvalue weighted by molar-refractivity contribution is -0.128. The second-order valence-corrected chi connectivity index (χ2v) is 5.68. The molecule has 0 spiro atoms. The summed E-state index contributed by atoms with van der Waals surface area (Å²) in [5.74, 6) is 0.976. The standard InChI is InChI=1S/C17H22N2O2/c1-3-17(20)19-10-8-18(9-11-19)16-7-5-13-4-6-14(21-2)12-15(13)16/h3-4,6,12,16H,1,5,7-11H2,2H3. The molecule has 0 radical (unpaired) electrons. The van der Waals surface area contributed by atoms with Gasteiger partial charge >= 0.3 is 0 Å². The normalized spacial score (nSPS) is 22.0. The molecule has 1 atom stereocenters. The number of ether oxygens (including phenoxy) is 1. The molecule has 0 saturated carbocycles. The summed E-state index contributed by atoms with van der Waals surface area (Å²) in [6.45, 7) is 7.01. The van der Waals surface area contributed by atoms with Crippen LogP contribution in [0, 0.1) is 0 Å². The van der Waals surface area contributed by atoms with E-state index in [1.54, 1.807) is 7.11 Å². The molecule has 4 heteroatoms. The highest BCUT2D eigenvalue weighted by atomic mass is 16.5. The van der Waals surface area contributed by atoms with Crippen molar-refractivity contribution in [1.29, 1.82) is 0 Å². The van der Waals surface area contributed by atoms with Crippen LogP contribution in [-0.4, -0.2) is 49.0 Å². The van der Waals surface area contributed by atoms with Gasteiger partial charge in [0.1, 0.15) is 5.75 Å². The minimum absolute atomic E-state index is 0.0446. The van der Waals surface area contributed by atoms with E-state index in [-0.39, 0.29) is 5.91 Å². The van der Waals surface area contributed by atoms with Crippen LogP contribution in [0.1, 0.15) is 23.6 Å². The average Bonchev–Trinajstić information content (AvgIpc) is 2.97. The molecule has 4 nitrogen and oxygen atoms in total. The van der Waals surface area contributed by atoms with Crippen LogP contribution >= 0.6 is 0 Å². The van der Waals surface area contributed by atoms with Crippen LogP contribution in [0.2, 0.25) is 0 Å². The summed E-state index contributed by atoms with van der Waals surface area (Å²) in [4.78, 5) is 16.0. The summed E-state index contributed by atoms with van der Waals surface area (Å²) < 4.78 is 5.36. The Morgan fingerprint density at radius 3 is 2.76 bits per heavy atom. The molecule has 3 rings (SSSR count). The highest BCUT2D eigenvalue weighted by Gasteiger charge is 2.31. The third-order valence-corrected chi connectivity index (χ3v) is 4.64. The van der Waals surface area contributed by atoms with Gasteiger partial charge in [-0.2, -0.15) is 0 Å². The first-order valence-electron chi connectivity index (χ1n) is 7.55. The second-order valence-electron chi connectivity index (χ2n) is 5.68. The summed E-state index contributed by atoms with van der Waals surface area (Å²) in [6, 6.07) is 6.87. The minimum Gasteiger partial charge on any atom is -0.497 e. The van der Waals surface area contributed by atoms with E-state index in [4.69, 9.17) is 4.74 Å². The largest absolute Gasteiger partial charge is 0.497 e. The zero-order chi connectivity index (χ0) is 14.8. The number of piperazine rings is 1. The average molecular weight is 286 g/mol. The Bertz CT molecular complexity index is 548. The van der Waals surface area contributed by atoms with Crippen molar-refractivity contribution in [3.05, 3.63) is 42.0 Å². The number of hydrogen-bond donors (Lipinski definition) is 0. The van der Waals surface area contributed by atoms with Gasteiger partial charge in [-0.1, -0.05) is 12.6 Å². The Hall–Kier alpha value is -1.81. The van der Waals surface area contributed by atoms with Crippen LogP contribution in [0.3, 0.4) is 0 Å². The number of methoxy groups -OCH3 is 1. The molecule has 1 fully saturated rings. The fourth-order valence-electron chi connectivity index (χ4n) is 3.45. The lowest BCUT2D eigenvalue weighted by Gasteiger charge is -2.38. The first-order valence-corrected chi connectivity index (χ1v) is 7.55. The quantitative estimate of drug-likeness (QED) is 0.797. The Morgan fingerprint density at radius 1 is 1.33 bits per heavy atom. The van der Waals surface area contributed by atoms with Crippen LogP contribution in [0.4, 0.5) is 0 Å². The Balaban J connectivity index is 1.71. The van der Waals surface area contributed by atoms with E-state index in [0.29, 0.717) is 6.04 Å². The molecule has 1 aromatic rings.